The average molecular weight is 283 g/mol. The molecule has 1 nitrogen and oxygen atoms in total. The van der Waals surface area contributed by atoms with Crippen molar-refractivity contribution in [1.29, 1.82) is 0 Å². The molecule has 0 aliphatic heterocycles. The third-order valence-electron chi connectivity index (χ3n) is 5.62. The molecule has 0 heterocycles. The highest BCUT2D eigenvalue weighted by atomic mass is 16.3. The Kier molecular flexibility index (Phi) is 8.17. The number of aliphatic hydroxyl groups excluding tert-OH is 1. The van der Waals surface area contributed by atoms with Crippen molar-refractivity contribution >= 4 is 0 Å². The fraction of sp³-hybridized carbons (Fsp3) is 1.00. The van der Waals surface area contributed by atoms with Crippen LogP contribution in [-0.4, -0.2) is 11.2 Å². The Labute approximate surface area is 127 Å². The molecular formula is C19H38O. The number of unbranched alkanes of at least 4 members (excludes halogenated alkanes) is 4. The average Bonchev–Trinajstić information content (AvgIpc) is 2.37. The Bertz CT molecular complexity index is 246. The van der Waals surface area contributed by atoms with Crippen LogP contribution in [0.4, 0.5) is 0 Å². The molecule has 0 aromatic rings. The standard InChI is InChI=1S/C19H38O/c1-5-6-7-8-9-12-17(20)13-14-18-16(2)11-10-15-19(18,3)4/h16-18,20H,5-15H2,1-4H3. The Morgan fingerprint density at radius 2 is 1.80 bits per heavy atom. The number of aliphatic hydroxyl groups is 1. The van der Waals surface area contributed by atoms with Crippen LogP contribution in [0, 0.1) is 17.3 Å². The van der Waals surface area contributed by atoms with Crippen molar-refractivity contribution in [2.45, 2.75) is 104 Å². The Balaban J connectivity index is 2.20. The van der Waals surface area contributed by atoms with Crippen molar-refractivity contribution in [3.8, 4) is 0 Å². The quantitative estimate of drug-likeness (QED) is 0.518. The largest absolute Gasteiger partial charge is 0.393 e. The van der Waals surface area contributed by atoms with Gasteiger partial charge in [-0.15, -0.1) is 0 Å². The van der Waals surface area contributed by atoms with Crippen LogP contribution in [0.15, 0.2) is 0 Å². The van der Waals surface area contributed by atoms with Gasteiger partial charge < -0.3 is 5.11 Å². The predicted molar refractivity (Wildman–Crippen MR) is 88.9 cm³/mol. The van der Waals surface area contributed by atoms with Gasteiger partial charge in [0.25, 0.3) is 0 Å². The fourth-order valence-corrected chi connectivity index (χ4v) is 4.21. The van der Waals surface area contributed by atoms with E-state index in [1.165, 1.54) is 57.8 Å². The van der Waals surface area contributed by atoms with Gasteiger partial charge in [-0.1, -0.05) is 72.6 Å². The zero-order chi connectivity index (χ0) is 15.0. The summed E-state index contributed by atoms with van der Waals surface area (Å²) in [7, 11) is 0. The zero-order valence-corrected chi connectivity index (χ0v) is 14.5. The molecule has 0 radical (unpaired) electrons. The van der Waals surface area contributed by atoms with Crippen LogP contribution in [-0.2, 0) is 0 Å². The van der Waals surface area contributed by atoms with E-state index in [0.717, 1.165) is 24.7 Å². The molecule has 20 heavy (non-hydrogen) atoms. The van der Waals surface area contributed by atoms with E-state index in [0.29, 0.717) is 5.41 Å². The van der Waals surface area contributed by atoms with Crippen LogP contribution >= 0.6 is 0 Å². The van der Waals surface area contributed by atoms with Crippen molar-refractivity contribution < 1.29 is 5.11 Å². The lowest BCUT2D eigenvalue weighted by molar-refractivity contribution is 0.0556. The van der Waals surface area contributed by atoms with Crippen LogP contribution < -0.4 is 0 Å². The monoisotopic (exact) mass is 282 g/mol. The van der Waals surface area contributed by atoms with Crippen molar-refractivity contribution in [3.05, 3.63) is 0 Å². The molecule has 0 aromatic carbocycles. The van der Waals surface area contributed by atoms with Gasteiger partial charge in [0.15, 0.2) is 0 Å². The molecule has 0 aromatic heterocycles. The Morgan fingerprint density at radius 3 is 2.45 bits per heavy atom. The summed E-state index contributed by atoms with van der Waals surface area (Å²) in [4.78, 5) is 0. The first kappa shape index (κ1) is 18.0. The second-order valence-corrected chi connectivity index (χ2v) is 7.90. The molecule has 0 amide bonds. The predicted octanol–water partition coefficient (Wildman–Crippen LogP) is 5.95. The first-order valence-corrected chi connectivity index (χ1v) is 9.15. The maximum absolute atomic E-state index is 10.2. The highest BCUT2D eigenvalue weighted by Gasteiger charge is 2.36. The van der Waals surface area contributed by atoms with Gasteiger partial charge in [-0.2, -0.15) is 0 Å². The second-order valence-electron chi connectivity index (χ2n) is 7.90. The molecule has 1 rings (SSSR count). The van der Waals surface area contributed by atoms with E-state index in [1.807, 2.05) is 0 Å². The van der Waals surface area contributed by atoms with Crippen LogP contribution in [0.5, 0.6) is 0 Å². The minimum Gasteiger partial charge on any atom is -0.393 e. The summed E-state index contributed by atoms with van der Waals surface area (Å²) in [6.07, 6.45) is 13.9. The summed E-state index contributed by atoms with van der Waals surface area (Å²) in [5, 5.41) is 10.2. The van der Waals surface area contributed by atoms with Gasteiger partial charge in [-0.3, -0.25) is 0 Å². The lowest BCUT2D eigenvalue weighted by Crippen LogP contribution is -2.34. The minimum absolute atomic E-state index is 0.0541. The first-order chi connectivity index (χ1) is 9.47. The third-order valence-corrected chi connectivity index (χ3v) is 5.62. The van der Waals surface area contributed by atoms with Crippen LogP contribution in [0.25, 0.3) is 0 Å². The summed E-state index contributed by atoms with van der Waals surface area (Å²) in [5.41, 5.74) is 0.485. The number of rotatable bonds is 9. The summed E-state index contributed by atoms with van der Waals surface area (Å²) in [6, 6.07) is 0. The van der Waals surface area contributed by atoms with Gasteiger partial charge in [0.1, 0.15) is 0 Å². The third kappa shape index (κ3) is 6.16. The molecule has 120 valence electrons. The van der Waals surface area contributed by atoms with Gasteiger partial charge >= 0.3 is 0 Å². The highest BCUT2D eigenvalue weighted by molar-refractivity contribution is 4.86. The summed E-state index contributed by atoms with van der Waals surface area (Å²) in [5.74, 6) is 1.65. The van der Waals surface area contributed by atoms with E-state index in [-0.39, 0.29) is 6.10 Å². The zero-order valence-electron chi connectivity index (χ0n) is 14.5. The lowest BCUT2D eigenvalue weighted by atomic mass is 9.62. The lowest BCUT2D eigenvalue weighted by Gasteiger charge is -2.43. The van der Waals surface area contributed by atoms with Crippen LogP contribution in [0.3, 0.4) is 0 Å². The number of hydrogen-bond acceptors (Lipinski definition) is 1. The summed E-state index contributed by atoms with van der Waals surface area (Å²) >= 11 is 0. The number of hydrogen-bond donors (Lipinski definition) is 1. The van der Waals surface area contributed by atoms with E-state index in [1.54, 1.807) is 0 Å². The van der Waals surface area contributed by atoms with Gasteiger partial charge in [0, 0.05) is 0 Å². The van der Waals surface area contributed by atoms with Gasteiger partial charge in [0.2, 0.25) is 0 Å². The molecule has 1 heteroatoms. The molecule has 1 aliphatic rings. The Hall–Kier alpha value is -0.0400. The molecule has 3 unspecified atom stereocenters. The van der Waals surface area contributed by atoms with Crippen molar-refractivity contribution in [2.24, 2.45) is 17.3 Å². The van der Waals surface area contributed by atoms with Gasteiger partial charge in [-0.25, -0.2) is 0 Å². The van der Waals surface area contributed by atoms with Crippen LogP contribution in [0.2, 0.25) is 0 Å². The van der Waals surface area contributed by atoms with Gasteiger partial charge in [0.05, 0.1) is 6.10 Å². The van der Waals surface area contributed by atoms with E-state index in [2.05, 4.69) is 27.7 Å². The Morgan fingerprint density at radius 1 is 1.10 bits per heavy atom. The maximum Gasteiger partial charge on any atom is 0.0540 e. The van der Waals surface area contributed by atoms with Crippen molar-refractivity contribution in [1.82, 2.24) is 0 Å². The van der Waals surface area contributed by atoms with E-state index in [9.17, 15) is 5.11 Å². The van der Waals surface area contributed by atoms with Gasteiger partial charge in [-0.05, 0) is 42.9 Å². The molecule has 3 atom stereocenters. The minimum atomic E-state index is -0.0541. The van der Waals surface area contributed by atoms with E-state index >= 15 is 0 Å². The molecular weight excluding hydrogens is 244 g/mol. The molecule has 1 saturated carbocycles. The summed E-state index contributed by atoms with van der Waals surface area (Å²) in [6.45, 7) is 9.54. The second kappa shape index (κ2) is 9.07. The first-order valence-electron chi connectivity index (χ1n) is 9.15. The molecule has 0 bridgehead atoms. The highest BCUT2D eigenvalue weighted by Crippen LogP contribution is 2.46. The van der Waals surface area contributed by atoms with Crippen molar-refractivity contribution in [2.75, 3.05) is 0 Å². The molecule has 0 spiro atoms. The molecule has 1 fully saturated rings. The maximum atomic E-state index is 10.2. The SMILES string of the molecule is CCCCCCCC(O)CCC1C(C)CCCC1(C)C. The molecule has 0 saturated heterocycles. The van der Waals surface area contributed by atoms with E-state index < -0.39 is 0 Å². The summed E-state index contributed by atoms with van der Waals surface area (Å²) < 4.78 is 0. The van der Waals surface area contributed by atoms with Crippen molar-refractivity contribution in [3.63, 3.8) is 0 Å². The smallest absolute Gasteiger partial charge is 0.0540 e. The topological polar surface area (TPSA) is 20.2 Å². The molecule has 1 N–H and O–H groups in total. The molecule has 1 aliphatic carbocycles. The van der Waals surface area contributed by atoms with E-state index in [4.69, 9.17) is 0 Å². The van der Waals surface area contributed by atoms with Crippen LogP contribution in [0.1, 0.15) is 98.3 Å². The normalized spacial score (nSPS) is 27.4. The fourth-order valence-electron chi connectivity index (χ4n) is 4.21.